The van der Waals surface area contributed by atoms with Gasteiger partial charge in [-0.05, 0) is 56.8 Å². The van der Waals surface area contributed by atoms with Crippen LogP contribution in [0.4, 0.5) is 17.1 Å². The number of fused-ring (bicyclic) bond motifs is 1. The predicted octanol–water partition coefficient (Wildman–Crippen LogP) is 3.28. The molecule has 0 fully saturated rings. The Morgan fingerprint density at radius 1 is 1.23 bits per heavy atom. The SMILES string of the molecule is Cc1cc(Cl)ccc1NC(=O)CN(C)CC(=O)N1c2ccccc2NC(=O)C[C@@H]1C. The van der Waals surface area contributed by atoms with Crippen molar-refractivity contribution >= 4 is 46.4 Å². The molecule has 2 aromatic rings. The summed E-state index contributed by atoms with van der Waals surface area (Å²) in [5, 5.41) is 6.29. The molecule has 2 N–H and O–H groups in total. The maximum absolute atomic E-state index is 13.1. The third-order valence-electron chi connectivity index (χ3n) is 4.91. The van der Waals surface area contributed by atoms with Crippen molar-refractivity contribution in [3.63, 3.8) is 0 Å². The van der Waals surface area contributed by atoms with Crippen molar-refractivity contribution in [1.29, 1.82) is 0 Å². The minimum absolute atomic E-state index is 0.0416. The van der Waals surface area contributed by atoms with Gasteiger partial charge in [0.05, 0.1) is 24.5 Å². The van der Waals surface area contributed by atoms with E-state index in [1.807, 2.05) is 32.0 Å². The Labute approximate surface area is 181 Å². The van der Waals surface area contributed by atoms with Gasteiger partial charge in [-0.1, -0.05) is 23.7 Å². The first-order valence-electron chi connectivity index (χ1n) is 9.70. The molecule has 3 amide bonds. The number of aryl methyl sites for hydroxylation is 1. The average molecular weight is 429 g/mol. The van der Waals surface area contributed by atoms with Crippen LogP contribution in [-0.2, 0) is 14.4 Å². The van der Waals surface area contributed by atoms with Gasteiger partial charge in [0.25, 0.3) is 0 Å². The molecule has 1 aliphatic rings. The van der Waals surface area contributed by atoms with E-state index >= 15 is 0 Å². The summed E-state index contributed by atoms with van der Waals surface area (Å²) in [4.78, 5) is 40.9. The van der Waals surface area contributed by atoms with E-state index in [9.17, 15) is 14.4 Å². The molecule has 7 nitrogen and oxygen atoms in total. The van der Waals surface area contributed by atoms with Crippen molar-refractivity contribution in [3.8, 4) is 0 Å². The lowest BCUT2D eigenvalue weighted by atomic mass is 10.1. The van der Waals surface area contributed by atoms with Gasteiger partial charge in [-0.2, -0.15) is 0 Å². The quantitative estimate of drug-likeness (QED) is 0.765. The molecule has 0 saturated heterocycles. The second-order valence-electron chi connectivity index (χ2n) is 7.56. The number of benzene rings is 2. The van der Waals surface area contributed by atoms with Crippen molar-refractivity contribution in [3.05, 3.63) is 53.1 Å². The molecule has 30 heavy (non-hydrogen) atoms. The third kappa shape index (κ3) is 5.17. The van der Waals surface area contributed by atoms with Crippen LogP contribution in [0.15, 0.2) is 42.5 Å². The number of amides is 3. The van der Waals surface area contributed by atoms with Crippen LogP contribution in [0.1, 0.15) is 18.9 Å². The van der Waals surface area contributed by atoms with Crippen LogP contribution in [0, 0.1) is 6.92 Å². The first kappa shape index (κ1) is 21.8. The van der Waals surface area contributed by atoms with E-state index < -0.39 is 0 Å². The second kappa shape index (κ2) is 9.28. The Kier molecular flexibility index (Phi) is 6.74. The van der Waals surface area contributed by atoms with Crippen LogP contribution in [0.25, 0.3) is 0 Å². The molecule has 1 heterocycles. The Morgan fingerprint density at radius 3 is 2.70 bits per heavy atom. The summed E-state index contributed by atoms with van der Waals surface area (Å²) in [7, 11) is 1.71. The van der Waals surface area contributed by atoms with Crippen molar-refractivity contribution < 1.29 is 14.4 Å². The van der Waals surface area contributed by atoms with E-state index in [2.05, 4.69) is 10.6 Å². The summed E-state index contributed by atoms with van der Waals surface area (Å²) < 4.78 is 0. The molecular weight excluding hydrogens is 404 g/mol. The number of hydrogen-bond acceptors (Lipinski definition) is 4. The number of anilines is 3. The first-order valence-corrected chi connectivity index (χ1v) is 10.1. The zero-order valence-electron chi connectivity index (χ0n) is 17.2. The maximum atomic E-state index is 13.1. The van der Waals surface area contributed by atoms with Gasteiger partial charge in [-0.25, -0.2) is 0 Å². The Hall–Kier alpha value is -2.90. The van der Waals surface area contributed by atoms with E-state index in [0.717, 1.165) is 5.56 Å². The zero-order chi connectivity index (χ0) is 21.8. The normalized spacial score (nSPS) is 16.0. The number of nitrogens with zero attached hydrogens (tertiary/aromatic N) is 2. The molecule has 8 heteroatoms. The number of carbonyl (C=O) groups excluding carboxylic acids is 3. The number of para-hydroxylation sites is 2. The smallest absolute Gasteiger partial charge is 0.241 e. The van der Waals surface area contributed by atoms with Crippen molar-refractivity contribution in [1.82, 2.24) is 4.90 Å². The summed E-state index contributed by atoms with van der Waals surface area (Å²) in [5.41, 5.74) is 2.82. The lowest BCUT2D eigenvalue weighted by molar-refractivity contribution is -0.121. The van der Waals surface area contributed by atoms with E-state index in [4.69, 9.17) is 11.6 Å². The minimum Gasteiger partial charge on any atom is -0.325 e. The Morgan fingerprint density at radius 2 is 1.97 bits per heavy atom. The number of hydrogen-bond donors (Lipinski definition) is 2. The summed E-state index contributed by atoms with van der Waals surface area (Å²) in [6, 6.07) is 12.2. The molecule has 0 radical (unpaired) electrons. The Balaban J connectivity index is 1.66. The van der Waals surface area contributed by atoms with Crippen molar-refractivity contribution in [2.24, 2.45) is 0 Å². The van der Waals surface area contributed by atoms with Gasteiger partial charge in [0.2, 0.25) is 17.7 Å². The highest BCUT2D eigenvalue weighted by Crippen LogP contribution is 2.31. The van der Waals surface area contributed by atoms with E-state index in [1.54, 1.807) is 41.1 Å². The highest BCUT2D eigenvalue weighted by atomic mass is 35.5. The predicted molar refractivity (Wildman–Crippen MR) is 119 cm³/mol. The number of rotatable bonds is 5. The second-order valence-corrected chi connectivity index (χ2v) is 8.00. The molecule has 0 aliphatic carbocycles. The van der Waals surface area contributed by atoms with Crippen LogP contribution in [-0.4, -0.2) is 48.8 Å². The molecule has 0 unspecified atom stereocenters. The van der Waals surface area contributed by atoms with Gasteiger partial charge in [0.1, 0.15) is 0 Å². The molecule has 3 rings (SSSR count). The molecule has 0 aromatic heterocycles. The third-order valence-corrected chi connectivity index (χ3v) is 5.14. The van der Waals surface area contributed by atoms with Gasteiger partial charge in [-0.3, -0.25) is 19.3 Å². The van der Waals surface area contributed by atoms with Crippen molar-refractivity contribution in [2.45, 2.75) is 26.3 Å². The number of nitrogens with one attached hydrogen (secondary N) is 2. The summed E-state index contributed by atoms with van der Waals surface area (Å²) in [6.45, 7) is 3.80. The minimum atomic E-state index is -0.292. The van der Waals surface area contributed by atoms with Crippen molar-refractivity contribution in [2.75, 3.05) is 35.7 Å². The number of carbonyl (C=O) groups is 3. The lowest BCUT2D eigenvalue weighted by Gasteiger charge is -2.29. The van der Waals surface area contributed by atoms with Crippen LogP contribution >= 0.6 is 11.6 Å². The van der Waals surface area contributed by atoms with Gasteiger partial charge in [-0.15, -0.1) is 0 Å². The molecule has 2 aromatic carbocycles. The molecule has 0 spiro atoms. The number of halogens is 1. The highest BCUT2D eigenvalue weighted by Gasteiger charge is 2.30. The fourth-order valence-electron chi connectivity index (χ4n) is 3.53. The van der Waals surface area contributed by atoms with Crippen LogP contribution in [0.5, 0.6) is 0 Å². The van der Waals surface area contributed by atoms with Gasteiger partial charge < -0.3 is 15.5 Å². The molecule has 1 aliphatic heterocycles. The fourth-order valence-corrected chi connectivity index (χ4v) is 3.76. The zero-order valence-corrected chi connectivity index (χ0v) is 18.0. The lowest BCUT2D eigenvalue weighted by Crippen LogP contribution is -2.45. The number of likely N-dealkylation sites (N-methyl/N-ethyl adjacent to an activating group) is 1. The van der Waals surface area contributed by atoms with E-state index in [-0.39, 0.29) is 43.3 Å². The maximum Gasteiger partial charge on any atom is 0.241 e. The van der Waals surface area contributed by atoms with Crippen LogP contribution in [0.3, 0.4) is 0 Å². The molecule has 158 valence electrons. The van der Waals surface area contributed by atoms with Gasteiger partial charge in [0.15, 0.2) is 0 Å². The van der Waals surface area contributed by atoms with Gasteiger partial charge in [0, 0.05) is 23.2 Å². The topological polar surface area (TPSA) is 81.8 Å². The van der Waals surface area contributed by atoms with Crippen LogP contribution < -0.4 is 15.5 Å². The molecular formula is C22H25ClN4O3. The monoisotopic (exact) mass is 428 g/mol. The fraction of sp³-hybridized carbons (Fsp3) is 0.318. The largest absolute Gasteiger partial charge is 0.325 e. The molecule has 1 atom stereocenters. The van der Waals surface area contributed by atoms with E-state index in [0.29, 0.717) is 22.1 Å². The standard InChI is InChI=1S/C22H25ClN4O3/c1-14-10-16(23)8-9-17(14)24-21(29)12-26(3)13-22(30)27-15(2)11-20(28)25-18-6-4-5-7-19(18)27/h4-10,15H,11-13H2,1-3H3,(H,24,29)(H,25,28)/t15-/m0/s1. The van der Waals surface area contributed by atoms with E-state index in [1.165, 1.54) is 0 Å². The summed E-state index contributed by atoms with van der Waals surface area (Å²) in [5.74, 6) is -0.530. The molecule has 0 saturated carbocycles. The molecule has 0 bridgehead atoms. The van der Waals surface area contributed by atoms with Gasteiger partial charge >= 0.3 is 0 Å². The Bertz CT molecular complexity index is 979. The van der Waals surface area contributed by atoms with Crippen LogP contribution in [0.2, 0.25) is 5.02 Å². The summed E-state index contributed by atoms with van der Waals surface area (Å²) >= 11 is 5.95. The highest BCUT2D eigenvalue weighted by molar-refractivity contribution is 6.30. The first-order chi connectivity index (χ1) is 14.2. The average Bonchev–Trinajstić information content (AvgIpc) is 2.77. The summed E-state index contributed by atoms with van der Waals surface area (Å²) in [6.07, 6.45) is 0.209.